The lowest BCUT2D eigenvalue weighted by Crippen LogP contribution is -2.59. The van der Waals surface area contributed by atoms with E-state index in [2.05, 4.69) is 12.2 Å². The van der Waals surface area contributed by atoms with E-state index < -0.39 is 53.3 Å². The van der Waals surface area contributed by atoms with Gasteiger partial charge in [-0.3, -0.25) is 24.0 Å². The van der Waals surface area contributed by atoms with E-state index in [4.69, 9.17) is 14.2 Å². The van der Waals surface area contributed by atoms with Crippen molar-refractivity contribution in [2.75, 3.05) is 13.7 Å². The molecule has 11 nitrogen and oxygen atoms in total. The van der Waals surface area contributed by atoms with Crippen LogP contribution in [-0.4, -0.2) is 65.8 Å². The minimum absolute atomic E-state index is 0.0426. The highest BCUT2D eigenvalue weighted by atomic mass is 16.6. The third-order valence-electron chi connectivity index (χ3n) is 12.0. The number of hydrogen-bond donors (Lipinski definition) is 2. The standard InChI is InChI=1S/C37H47NO10/c1-22(39)48-37(18-15-29-27-10-7-24-20-26(41)13-16-35(24,2)28(27)14-17-36(29,37)3)31(42)21-47-33(44)12-11-32(43)38-30(34(45)46-4)19-23-5-8-25(40)9-6-23/h5-6,8-9,20,27-30,40H,7,10-19,21H2,1-4H3,(H,38,43)/t27-,28-,29+,30-,35-,36-,37-/m0/s1. The first-order valence-electron chi connectivity index (χ1n) is 17.0. The molecular weight excluding hydrogens is 618 g/mol. The van der Waals surface area contributed by atoms with Gasteiger partial charge in [-0.25, -0.2) is 4.79 Å². The Bertz CT molecular complexity index is 1500. The van der Waals surface area contributed by atoms with Crippen molar-refractivity contribution in [3.05, 3.63) is 41.5 Å². The van der Waals surface area contributed by atoms with Crippen molar-refractivity contribution < 1.29 is 48.1 Å². The molecule has 3 fully saturated rings. The maximum absolute atomic E-state index is 14.0. The van der Waals surface area contributed by atoms with Gasteiger partial charge in [0.1, 0.15) is 11.8 Å². The number of rotatable bonds is 11. The van der Waals surface area contributed by atoms with Crippen molar-refractivity contribution >= 4 is 35.4 Å². The second-order valence-electron chi connectivity index (χ2n) is 14.5. The van der Waals surface area contributed by atoms with Crippen molar-refractivity contribution in [1.82, 2.24) is 5.32 Å². The normalized spacial score (nSPS) is 31.2. The first kappa shape index (κ1) is 35.3. The highest BCUT2D eigenvalue weighted by Crippen LogP contribution is 2.68. The summed E-state index contributed by atoms with van der Waals surface area (Å²) in [4.78, 5) is 76.4. The molecule has 1 aromatic rings. The third-order valence-corrected chi connectivity index (χ3v) is 12.0. The highest BCUT2D eigenvalue weighted by Gasteiger charge is 2.68. The Kier molecular flexibility index (Phi) is 10.2. The van der Waals surface area contributed by atoms with Crippen LogP contribution in [0.4, 0.5) is 0 Å². The zero-order valence-electron chi connectivity index (χ0n) is 28.3. The molecule has 4 aliphatic carbocycles. The largest absolute Gasteiger partial charge is 0.508 e. The number of ketones is 2. The van der Waals surface area contributed by atoms with Crippen molar-refractivity contribution in [3.63, 3.8) is 0 Å². The number of Topliss-reactive ketones (excluding diaryl/α,β-unsaturated/α-hetero) is 1. The number of benzene rings is 1. The fraction of sp³-hybridized carbons (Fsp3) is 0.622. The minimum atomic E-state index is -1.42. The Labute approximate surface area is 281 Å². The quantitative estimate of drug-likeness (QED) is 0.257. The van der Waals surface area contributed by atoms with E-state index in [9.17, 15) is 33.9 Å². The van der Waals surface area contributed by atoms with Crippen LogP contribution in [0, 0.1) is 28.6 Å². The van der Waals surface area contributed by atoms with E-state index in [0.717, 1.165) is 25.7 Å². The number of hydrogen-bond acceptors (Lipinski definition) is 10. The average Bonchev–Trinajstić information content (AvgIpc) is 3.35. The smallest absolute Gasteiger partial charge is 0.328 e. The number of amides is 1. The lowest BCUT2D eigenvalue weighted by molar-refractivity contribution is -0.191. The monoisotopic (exact) mass is 665 g/mol. The van der Waals surface area contributed by atoms with Gasteiger partial charge in [-0.15, -0.1) is 0 Å². The highest BCUT2D eigenvalue weighted by molar-refractivity contribution is 5.94. The minimum Gasteiger partial charge on any atom is -0.508 e. The molecule has 0 spiro atoms. The first-order valence-corrected chi connectivity index (χ1v) is 17.0. The number of carbonyl (C=O) groups excluding carboxylic acids is 6. The number of ether oxygens (including phenoxy) is 3. The molecule has 1 aromatic carbocycles. The van der Waals surface area contributed by atoms with E-state index in [0.29, 0.717) is 43.1 Å². The fourth-order valence-electron chi connectivity index (χ4n) is 9.51. The first-order chi connectivity index (χ1) is 22.7. The molecule has 3 saturated carbocycles. The van der Waals surface area contributed by atoms with Gasteiger partial charge in [-0.05, 0) is 91.9 Å². The Morgan fingerprint density at radius 3 is 2.35 bits per heavy atom. The molecule has 0 aliphatic heterocycles. The van der Waals surface area contributed by atoms with E-state index in [1.165, 1.54) is 31.7 Å². The van der Waals surface area contributed by atoms with Crippen LogP contribution < -0.4 is 5.32 Å². The van der Waals surface area contributed by atoms with Crippen LogP contribution >= 0.6 is 0 Å². The zero-order valence-corrected chi connectivity index (χ0v) is 28.3. The molecule has 260 valence electrons. The van der Waals surface area contributed by atoms with E-state index in [-0.39, 0.29) is 42.1 Å². The molecule has 0 heterocycles. The van der Waals surface area contributed by atoms with Gasteiger partial charge < -0.3 is 24.6 Å². The number of methoxy groups -OCH3 is 1. The fourth-order valence-corrected chi connectivity index (χ4v) is 9.51. The molecule has 0 bridgehead atoms. The molecule has 7 atom stereocenters. The van der Waals surface area contributed by atoms with Gasteiger partial charge in [0.25, 0.3) is 0 Å². The summed E-state index contributed by atoms with van der Waals surface area (Å²) in [6.07, 6.45) is 7.14. The number of nitrogens with one attached hydrogen (secondary N) is 1. The third kappa shape index (κ3) is 6.65. The molecule has 4 aliphatic rings. The van der Waals surface area contributed by atoms with E-state index in [1.807, 2.05) is 13.0 Å². The maximum Gasteiger partial charge on any atom is 0.328 e. The van der Waals surface area contributed by atoms with Crippen molar-refractivity contribution in [3.8, 4) is 5.75 Å². The number of carbonyl (C=O) groups is 6. The van der Waals surface area contributed by atoms with Crippen molar-refractivity contribution in [1.29, 1.82) is 0 Å². The summed E-state index contributed by atoms with van der Waals surface area (Å²) < 4.78 is 16.1. The van der Waals surface area contributed by atoms with Crippen molar-refractivity contribution in [2.24, 2.45) is 28.6 Å². The predicted octanol–water partition coefficient (Wildman–Crippen LogP) is 4.32. The molecule has 48 heavy (non-hydrogen) atoms. The van der Waals surface area contributed by atoms with E-state index in [1.54, 1.807) is 12.1 Å². The van der Waals surface area contributed by atoms with Crippen LogP contribution in [0.1, 0.15) is 90.5 Å². The molecule has 0 radical (unpaired) electrons. The summed E-state index contributed by atoms with van der Waals surface area (Å²) in [6.45, 7) is 5.04. The summed E-state index contributed by atoms with van der Waals surface area (Å²) in [5.74, 6) is -1.90. The average molecular weight is 666 g/mol. The molecule has 11 heteroatoms. The molecule has 0 aromatic heterocycles. The van der Waals surface area contributed by atoms with Gasteiger partial charge >= 0.3 is 17.9 Å². The van der Waals surface area contributed by atoms with Gasteiger partial charge in [0.05, 0.1) is 13.5 Å². The molecule has 0 unspecified atom stereocenters. The van der Waals surface area contributed by atoms with Gasteiger partial charge in [0.15, 0.2) is 18.0 Å². The second-order valence-corrected chi connectivity index (χ2v) is 14.5. The molecule has 1 amide bonds. The van der Waals surface area contributed by atoms with Gasteiger partial charge in [0.2, 0.25) is 11.7 Å². The summed E-state index contributed by atoms with van der Waals surface area (Å²) in [6, 6.07) is 5.17. The van der Waals surface area contributed by atoms with Crippen molar-refractivity contribution in [2.45, 2.75) is 103 Å². The zero-order chi connectivity index (χ0) is 34.9. The van der Waals surface area contributed by atoms with Crippen LogP contribution in [0.15, 0.2) is 35.9 Å². The van der Waals surface area contributed by atoms with Crippen LogP contribution in [0.2, 0.25) is 0 Å². The lowest BCUT2D eigenvalue weighted by atomic mass is 9.46. The predicted molar refractivity (Wildman–Crippen MR) is 172 cm³/mol. The lowest BCUT2D eigenvalue weighted by Gasteiger charge is -2.59. The maximum atomic E-state index is 14.0. The van der Waals surface area contributed by atoms with Crippen LogP contribution in [-0.2, 0) is 49.4 Å². The number of aromatic hydroxyl groups is 1. The Balaban J connectivity index is 1.20. The molecule has 0 saturated heterocycles. The molecule has 2 N–H and O–H groups in total. The SMILES string of the molecule is COC(=O)[C@H](Cc1ccc(O)cc1)NC(=O)CCC(=O)OCC(=O)[C@@]1(OC(C)=O)CC[C@@H]2[C@H]3CCC4=CC(=O)CC[C@]4(C)[C@H]3CC[C@@]21C. The summed E-state index contributed by atoms with van der Waals surface area (Å²) in [7, 11) is 1.20. The van der Waals surface area contributed by atoms with Crippen LogP contribution in [0.5, 0.6) is 5.75 Å². The van der Waals surface area contributed by atoms with Gasteiger partial charge in [-0.1, -0.05) is 31.6 Å². The van der Waals surface area contributed by atoms with Crippen LogP contribution in [0.25, 0.3) is 0 Å². The topological polar surface area (TPSA) is 162 Å². The summed E-state index contributed by atoms with van der Waals surface area (Å²) in [5, 5.41) is 12.1. The number of phenolic OH excluding ortho intramolecular Hbond substituents is 1. The molecular formula is C37H47NO10. The number of phenols is 1. The Morgan fingerprint density at radius 2 is 1.67 bits per heavy atom. The molecule has 5 rings (SSSR count). The van der Waals surface area contributed by atoms with Gasteiger partial charge in [0, 0.05) is 31.6 Å². The Hall–Kier alpha value is -4.02. The number of fused-ring (bicyclic) bond motifs is 5. The Morgan fingerprint density at radius 1 is 0.958 bits per heavy atom. The number of allylic oxidation sites excluding steroid dienone is 1. The second kappa shape index (κ2) is 13.8. The summed E-state index contributed by atoms with van der Waals surface area (Å²) >= 11 is 0. The van der Waals surface area contributed by atoms with E-state index >= 15 is 0 Å². The summed E-state index contributed by atoms with van der Waals surface area (Å²) in [5.41, 5.74) is -0.162. The van der Waals surface area contributed by atoms with Crippen LogP contribution in [0.3, 0.4) is 0 Å². The number of esters is 3. The van der Waals surface area contributed by atoms with Gasteiger partial charge in [-0.2, -0.15) is 0 Å².